The molecule has 0 aliphatic heterocycles. The highest BCUT2D eigenvalue weighted by molar-refractivity contribution is 5.60. The summed E-state index contributed by atoms with van der Waals surface area (Å²) in [6, 6.07) is 0. The van der Waals surface area contributed by atoms with Gasteiger partial charge in [-0.1, -0.05) is 19.3 Å². The van der Waals surface area contributed by atoms with Crippen LogP contribution in [0.2, 0.25) is 0 Å². The highest BCUT2D eigenvalue weighted by Gasteiger charge is 2.23. The molecule has 2 rings (SSSR count). The van der Waals surface area contributed by atoms with Crippen LogP contribution in [0.5, 0.6) is 0 Å². The molecule has 1 aliphatic rings. The molecule has 5 N–H and O–H groups in total. The van der Waals surface area contributed by atoms with E-state index in [2.05, 4.69) is 20.2 Å². The molecule has 20 heavy (non-hydrogen) atoms. The normalized spacial score (nSPS) is 16.6. The summed E-state index contributed by atoms with van der Waals surface area (Å²) in [4.78, 5) is 10.6. The van der Waals surface area contributed by atoms with Gasteiger partial charge in [0, 0.05) is 18.7 Å². The van der Waals surface area contributed by atoms with Crippen LogP contribution in [0, 0.1) is 0 Å². The van der Waals surface area contributed by atoms with Gasteiger partial charge in [0.05, 0.1) is 0 Å². The Morgan fingerprint density at radius 1 is 1.15 bits per heavy atom. The first-order valence-electron chi connectivity index (χ1n) is 7.39. The second kappa shape index (κ2) is 6.74. The number of anilines is 3. The molecule has 1 aliphatic carbocycles. The third kappa shape index (κ3) is 3.72. The Hall–Kier alpha value is -1.56. The molecule has 1 aromatic rings. The molecule has 0 spiro atoms. The molecule has 112 valence electrons. The van der Waals surface area contributed by atoms with Crippen molar-refractivity contribution in [1.29, 1.82) is 0 Å². The minimum absolute atomic E-state index is 0.245. The maximum Gasteiger partial charge on any atom is 0.223 e. The molecule has 6 heteroatoms. The average Bonchev–Trinajstić information content (AvgIpc) is 2.38. The van der Waals surface area contributed by atoms with Crippen molar-refractivity contribution >= 4 is 17.6 Å². The van der Waals surface area contributed by atoms with E-state index >= 15 is 0 Å². The smallest absolute Gasteiger partial charge is 0.223 e. The van der Waals surface area contributed by atoms with Crippen molar-refractivity contribution in [3.63, 3.8) is 0 Å². The van der Waals surface area contributed by atoms with E-state index in [1.54, 1.807) is 0 Å². The molecule has 0 atom stereocenters. The van der Waals surface area contributed by atoms with Gasteiger partial charge in [-0.2, -0.15) is 9.97 Å². The lowest BCUT2D eigenvalue weighted by Gasteiger charge is -2.25. The lowest BCUT2D eigenvalue weighted by atomic mass is 9.84. The zero-order valence-corrected chi connectivity index (χ0v) is 12.5. The zero-order valence-electron chi connectivity index (χ0n) is 12.5. The Labute approximate surface area is 121 Å². The summed E-state index contributed by atoms with van der Waals surface area (Å²) in [6.45, 7) is 1.76. The van der Waals surface area contributed by atoms with Gasteiger partial charge < -0.3 is 21.7 Å². The number of nitrogens with zero attached hydrogens (tertiary/aromatic N) is 3. The van der Waals surface area contributed by atoms with Crippen molar-refractivity contribution < 1.29 is 0 Å². The standard InChI is InChI=1S/C14H26N6/c1-20(2)9-8-17-13-11(10-6-4-3-5-7-10)12(15)18-14(16)19-13/h10H,3-9H2,1-2H3,(H5,15,16,17,18,19). The summed E-state index contributed by atoms with van der Waals surface area (Å²) in [5, 5.41) is 3.37. The van der Waals surface area contributed by atoms with Crippen LogP contribution in [-0.4, -0.2) is 42.1 Å². The van der Waals surface area contributed by atoms with Gasteiger partial charge in [0.1, 0.15) is 11.6 Å². The number of hydrogen-bond donors (Lipinski definition) is 3. The number of hydrogen-bond acceptors (Lipinski definition) is 6. The molecule has 6 nitrogen and oxygen atoms in total. The van der Waals surface area contributed by atoms with Gasteiger partial charge in [0.15, 0.2) is 0 Å². The van der Waals surface area contributed by atoms with E-state index in [1.165, 1.54) is 32.1 Å². The predicted octanol–water partition coefficient (Wildman–Crippen LogP) is 1.66. The quantitative estimate of drug-likeness (QED) is 0.758. The monoisotopic (exact) mass is 278 g/mol. The van der Waals surface area contributed by atoms with Crippen LogP contribution < -0.4 is 16.8 Å². The first-order chi connectivity index (χ1) is 9.58. The third-order valence-electron chi connectivity index (χ3n) is 3.86. The maximum atomic E-state index is 6.10. The molecule has 0 amide bonds. The second-order valence-electron chi connectivity index (χ2n) is 5.79. The number of aromatic nitrogens is 2. The maximum absolute atomic E-state index is 6.10. The summed E-state index contributed by atoms with van der Waals surface area (Å²) < 4.78 is 0. The Bertz CT molecular complexity index is 440. The number of nitrogen functional groups attached to an aromatic ring is 2. The summed E-state index contributed by atoms with van der Waals surface area (Å²) in [5.74, 6) is 2.07. The average molecular weight is 278 g/mol. The predicted molar refractivity (Wildman–Crippen MR) is 83.7 cm³/mol. The van der Waals surface area contributed by atoms with E-state index in [-0.39, 0.29) is 5.95 Å². The molecular weight excluding hydrogens is 252 g/mol. The lowest BCUT2D eigenvalue weighted by molar-refractivity contribution is 0.424. The fraction of sp³-hybridized carbons (Fsp3) is 0.714. The first kappa shape index (κ1) is 14.8. The molecule has 0 saturated heterocycles. The molecule has 1 heterocycles. The SMILES string of the molecule is CN(C)CCNc1nc(N)nc(N)c1C1CCCCC1. The van der Waals surface area contributed by atoms with Crippen LogP contribution in [0.25, 0.3) is 0 Å². The lowest BCUT2D eigenvalue weighted by Crippen LogP contribution is -2.23. The van der Waals surface area contributed by atoms with Gasteiger partial charge in [-0.3, -0.25) is 0 Å². The molecule has 0 bridgehead atoms. The minimum Gasteiger partial charge on any atom is -0.383 e. The zero-order chi connectivity index (χ0) is 14.5. The molecular formula is C14H26N6. The van der Waals surface area contributed by atoms with Crippen LogP contribution in [0.15, 0.2) is 0 Å². The summed E-state index contributed by atoms with van der Waals surface area (Å²) >= 11 is 0. The summed E-state index contributed by atoms with van der Waals surface area (Å²) in [7, 11) is 4.10. The van der Waals surface area contributed by atoms with Crippen LogP contribution in [0.4, 0.5) is 17.6 Å². The summed E-state index contributed by atoms with van der Waals surface area (Å²) in [6.07, 6.45) is 6.16. The van der Waals surface area contributed by atoms with Gasteiger partial charge in [0.25, 0.3) is 0 Å². The highest BCUT2D eigenvalue weighted by Crippen LogP contribution is 2.38. The van der Waals surface area contributed by atoms with Gasteiger partial charge in [-0.15, -0.1) is 0 Å². The van der Waals surface area contributed by atoms with Gasteiger partial charge >= 0.3 is 0 Å². The van der Waals surface area contributed by atoms with Crippen molar-refractivity contribution in [2.45, 2.75) is 38.0 Å². The Morgan fingerprint density at radius 2 is 1.85 bits per heavy atom. The minimum atomic E-state index is 0.245. The molecule has 1 aromatic heterocycles. The van der Waals surface area contributed by atoms with Gasteiger partial charge in [0.2, 0.25) is 5.95 Å². The summed E-state index contributed by atoms with van der Waals surface area (Å²) in [5.41, 5.74) is 12.9. The van der Waals surface area contributed by atoms with Crippen LogP contribution >= 0.6 is 0 Å². The molecule has 0 aromatic carbocycles. The third-order valence-corrected chi connectivity index (χ3v) is 3.86. The van der Waals surface area contributed by atoms with Crippen molar-refractivity contribution in [3.05, 3.63) is 5.56 Å². The largest absolute Gasteiger partial charge is 0.383 e. The van der Waals surface area contributed by atoms with E-state index in [4.69, 9.17) is 11.5 Å². The molecule has 0 radical (unpaired) electrons. The Morgan fingerprint density at radius 3 is 2.50 bits per heavy atom. The van der Waals surface area contributed by atoms with Gasteiger partial charge in [-0.25, -0.2) is 0 Å². The van der Waals surface area contributed by atoms with E-state index in [0.717, 1.165) is 24.5 Å². The van der Waals surface area contributed by atoms with E-state index in [9.17, 15) is 0 Å². The Kier molecular flexibility index (Phi) is 5.00. The molecule has 1 saturated carbocycles. The Balaban J connectivity index is 2.18. The molecule has 0 unspecified atom stereocenters. The van der Waals surface area contributed by atoms with Crippen LogP contribution in [-0.2, 0) is 0 Å². The second-order valence-corrected chi connectivity index (χ2v) is 5.79. The fourth-order valence-corrected chi connectivity index (χ4v) is 2.83. The number of rotatable bonds is 5. The van der Waals surface area contributed by atoms with Crippen molar-refractivity contribution in [2.75, 3.05) is 44.0 Å². The van der Waals surface area contributed by atoms with Crippen molar-refractivity contribution in [2.24, 2.45) is 0 Å². The highest BCUT2D eigenvalue weighted by atomic mass is 15.1. The van der Waals surface area contributed by atoms with Crippen LogP contribution in [0.1, 0.15) is 43.6 Å². The first-order valence-corrected chi connectivity index (χ1v) is 7.39. The number of nitrogens with one attached hydrogen (secondary N) is 1. The van der Waals surface area contributed by atoms with E-state index in [1.807, 2.05) is 14.1 Å². The topological polar surface area (TPSA) is 93.1 Å². The number of nitrogens with two attached hydrogens (primary N) is 2. The fourth-order valence-electron chi connectivity index (χ4n) is 2.83. The number of likely N-dealkylation sites (N-methyl/N-ethyl adjacent to an activating group) is 1. The molecule has 1 fully saturated rings. The van der Waals surface area contributed by atoms with Crippen molar-refractivity contribution in [1.82, 2.24) is 14.9 Å². The van der Waals surface area contributed by atoms with Crippen LogP contribution in [0.3, 0.4) is 0 Å². The van der Waals surface area contributed by atoms with E-state index < -0.39 is 0 Å². The van der Waals surface area contributed by atoms with Gasteiger partial charge in [-0.05, 0) is 32.9 Å². The van der Waals surface area contributed by atoms with Crippen molar-refractivity contribution in [3.8, 4) is 0 Å². The van der Waals surface area contributed by atoms with E-state index in [0.29, 0.717) is 11.7 Å².